The molecule has 6 nitrogen and oxygen atoms in total. The number of aliphatic hydroxyl groups excluding tert-OH is 1. The number of carbonyl (C=O) groups is 2. The van der Waals surface area contributed by atoms with Gasteiger partial charge in [0, 0.05) is 28.2 Å². The summed E-state index contributed by atoms with van der Waals surface area (Å²) in [6.07, 6.45) is 1.74. The van der Waals surface area contributed by atoms with Crippen molar-refractivity contribution < 1.29 is 19.8 Å². The fourth-order valence-electron chi connectivity index (χ4n) is 4.94. The molecule has 1 fully saturated rings. The van der Waals surface area contributed by atoms with E-state index in [0.29, 0.717) is 11.1 Å². The molecule has 1 unspecified atom stereocenters. The fraction of sp³-hybridized carbons (Fsp3) is 0.0345. The Morgan fingerprint density at radius 2 is 1.49 bits per heavy atom. The van der Waals surface area contributed by atoms with Crippen molar-refractivity contribution in [2.24, 2.45) is 0 Å². The van der Waals surface area contributed by atoms with Gasteiger partial charge in [0.25, 0.3) is 11.7 Å². The first-order valence-electron chi connectivity index (χ1n) is 11.2. The molecule has 2 heterocycles. The number of phenolic OH excluding ortho intramolecular Hbond substituents is 1. The van der Waals surface area contributed by atoms with Gasteiger partial charge in [-0.1, -0.05) is 72.8 Å². The number of Topliss-reactive ketones (excluding diaryl/α,β-unsaturated/α-hetero) is 1. The number of anilines is 1. The number of rotatable bonds is 3. The summed E-state index contributed by atoms with van der Waals surface area (Å²) in [7, 11) is 0. The van der Waals surface area contributed by atoms with Gasteiger partial charge in [0.1, 0.15) is 11.5 Å². The van der Waals surface area contributed by atoms with E-state index in [2.05, 4.69) is 4.98 Å². The molecule has 1 aromatic heterocycles. The molecule has 5 aromatic rings. The second-order valence-corrected chi connectivity index (χ2v) is 8.47. The lowest BCUT2D eigenvalue weighted by Crippen LogP contribution is -2.29. The van der Waals surface area contributed by atoms with E-state index in [1.165, 1.54) is 11.0 Å². The molecule has 6 heteroatoms. The third kappa shape index (κ3) is 3.11. The Morgan fingerprint density at radius 3 is 2.31 bits per heavy atom. The Morgan fingerprint density at radius 1 is 0.800 bits per heavy atom. The van der Waals surface area contributed by atoms with Crippen molar-refractivity contribution >= 4 is 44.8 Å². The van der Waals surface area contributed by atoms with E-state index in [4.69, 9.17) is 0 Å². The molecule has 0 radical (unpaired) electrons. The number of aromatic hydroxyl groups is 1. The lowest BCUT2D eigenvalue weighted by molar-refractivity contribution is -0.132. The van der Waals surface area contributed by atoms with Crippen LogP contribution in [0.1, 0.15) is 17.2 Å². The maximum Gasteiger partial charge on any atom is 0.300 e. The fourth-order valence-corrected chi connectivity index (χ4v) is 4.94. The molecular formula is C29H20N2O4. The van der Waals surface area contributed by atoms with Crippen molar-refractivity contribution in [2.45, 2.75) is 6.04 Å². The summed E-state index contributed by atoms with van der Waals surface area (Å²) in [5, 5.41) is 24.7. The van der Waals surface area contributed by atoms with Crippen molar-refractivity contribution in [1.82, 2.24) is 4.98 Å². The molecule has 170 valence electrons. The summed E-state index contributed by atoms with van der Waals surface area (Å²) in [6.45, 7) is 0. The van der Waals surface area contributed by atoms with E-state index in [0.717, 1.165) is 21.7 Å². The van der Waals surface area contributed by atoms with Gasteiger partial charge in [-0.15, -0.1) is 0 Å². The third-order valence-electron chi connectivity index (χ3n) is 6.55. The first-order chi connectivity index (χ1) is 17.1. The minimum atomic E-state index is -0.946. The Kier molecular flexibility index (Phi) is 4.67. The van der Waals surface area contributed by atoms with Gasteiger partial charge in [-0.25, -0.2) is 0 Å². The smallest absolute Gasteiger partial charge is 0.300 e. The Hall–Kier alpha value is -4.84. The maximum absolute atomic E-state index is 13.5. The lowest BCUT2D eigenvalue weighted by atomic mass is 9.93. The second-order valence-electron chi connectivity index (χ2n) is 8.47. The number of aliphatic hydroxyl groups is 1. The summed E-state index contributed by atoms with van der Waals surface area (Å²) in [5.41, 5.74) is 2.10. The molecule has 1 aliphatic rings. The average molecular weight is 460 g/mol. The van der Waals surface area contributed by atoms with Crippen LogP contribution >= 0.6 is 0 Å². The molecule has 0 aliphatic carbocycles. The highest BCUT2D eigenvalue weighted by atomic mass is 16.3. The predicted octanol–water partition coefficient (Wildman–Crippen LogP) is 5.65. The van der Waals surface area contributed by atoms with Gasteiger partial charge < -0.3 is 15.2 Å². The van der Waals surface area contributed by atoms with Crippen LogP contribution in [0.5, 0.6) is 5.75 Å². The minimum Gasteiger partial charge on any atom is -0.507 e. The van der Waals surface area contributed by atoms with Crippen LogP contribution in [0.2, 0.25) is 0 Å². The zero-order valence-electron chi connectivity index (χ0n) is 18.5. The molecular weight excluding hydrogens is 440 g/mol. The molecule has 35 heavy (non-hydrogen) atoms. The molecule has 0 saturated carbocycles. The number of benzene rings is 4. The normalized spacial score (nSPS) is 17.5. The van der Waals surface area contributed by atoms with Crippen molar-refractivity contribution in [1.29, 1.82) is 0 Å². The molecule has 1 saturated heterocycles. The van der Waals surface area contributed by atoms with Gasteiger partial charge in [-0.2, -0.15) is 0 Å². The Labute approximate surface area is 200 Å². The number of aromatic nitrogens is 1. The van der Waals surface area contributed by atoms with E-state index in [1.807, 2.05) is 54.6 Å². The topological polar surface area (TPSA) is 93.6 Å². The van der Waals surface area contributed by atoms with Gasteiger partial charge >= 0.3 is 0 Å². The SMILES string of the molecule is O=C1C(=O)N(c2ccccc2O)C(c2c[nH]c3ccccc23)/C1=C(\O)c1cccc2ccccc12. The first kappa shape index (κ1) is 20.7. The Balaban J connectivity index is 1.67. The number of aromatic amines is 1. The monoisotopic (exact) mass is 460 g/mol. The van der Waals surface area contributed by atoms with Gasteiger partial charge in [0.05, 0.1) is 17.3 Å². The molecule has 0 spiro atoms. The molecule has 6 rings (SSSR count). The summed E-state index contributed by atoms with van der Waals surface area (Å²) in [5.74, 6) is -2.02. The zero-order chi connectivity index (χ0) is 24.1. The first-order valence-corrected chi connectivity index (χ1v) is 11.2. The third-order valence-corrected chi connectivity index (χ3v) is 6.55. The van der Waals surface area contributed by atoms with E-state index >= 15 is 0 Å². The summed E-state index contributed by atoms with van der Waals surface area (Å²) < 4.78 is 0. The van der Waals surface area contributed by atoms with E-state index in [1.54, 1.807) is 36.5 Å². The number of H-pyrrole nitrogens is 1. The van der Waals surface area contributed by atoms with Crippen molar-refractivity contribution in [3.8, 4) is 5.75 Å². The van der Waals surface area contributed by atoms with E-state index in [-0.39, 0.29) is 22.8 Å². The number of fused-ring (bicyclic) bond motifs is 2. The van der Waals surface area contributed by atoms with Crippen molar-refractivity contribution in [2.75, 3.05) is 4.90 Å². The lowest BCUT2D eigenvalue weighted by Gasteiger charge is -2.25. The number of phenols is 1. The van der Waals surface area contributed by atoms with Crippen LogP contribution < -0.4 is 4.90 Å². The van der Waals surface area contributed by atoms with Crippen LogP contribution in [0.4, 0.5) is 5.69 Å². The highest BCUT2D eigenvalue weighted by Gasteiger charge is 2.48. The average Bonchev–Trinajstić information content (AvgIpc) is 3.42. The number of hydrogen-bond acceptors (Lipinski definition) is 4. The van der Waals surface area contributed by atoms with E-state index < -0.39 is 17.7 Å². The zero-order valence-corrected chi connectivity index (χ0v) is 18.5. The second kappa shape index (κ2) is 7.88. The van der Waals surface area contributed by atoms with Gasteiger partial charge in [0.2, 0.25) is 0 Å². The standard InChI is InChI=1S/C29H20N2O4/c32-24-15-6-5-14-23(24)31-26(21-16-30-22-13-4-3-11-19(21)22)25(28(34)29(31)35)27(33)20-12-7-9-17-8-1-2-10-18(17)20/h1-16,26,30,32-33H/b27-25+. The van der Waals surface area contributed by atoms with Crippen LogP contribution in [0.3, 0.4) is 0 Å². The number of nitrogens with zero attached hydrogens (tertiary/aromatic N) is 1. The molecule has 3 N–H and O–H groups in total. The largest absolute Gasteiger partial charge is 0.507 e. The van der Waals surface area contributed by atoms with Crippen LogP contribution in [0.15, 0.2) is 103 Å². The molecule has 0 bridgehead atoms. The predicted molar refractivity (Wildman–Crippen MR) is 135 cm³/mol. The molecule has 4 aromatic carbocycles. The van der Waals surface area contributed by atoms with Crippen LogP contribution in [-0.2, 0) is 9.59 Å². The van der Waals surface area contributed by atoms with Crippen LogP contribution in [0.25, 0.3) is 27.4 Å². The van der Waals surface area contributed by atoms with Crippen LogP contribution in [0, 0.1) is 0 Å². The summed E-state index contributed by atoms with van der Waals surface area (Å²) in [6, 6.07) is 26.0. The highest BCUT2D eigenvalue weighted by Crippen LogP contribution is 2.46. The van der Waals surface area contributed by atoms with Crippen LogP contribution in [-0.4, -0.2) is 26.9 Å². The van der Waals surface area contributed by atoms with Gasteiger partial charge in [0.15, 0.2) is 0 Å². The maximum atomic E-state index is 13.5. The number of nitrogens with one attached hydrogen (secondary N) is 1. The van der Waals surface area contributed by atoms with Gasteiger partial charge in [-0.05, 0) is 29.0 Å². The highest BCUT2D eigenvalue weighted by molar-refractivity contribution is 6.52. The van der Waals surface area contributed by atoms with Crippen molar-refractivity contribution in [3.63, 3.8) is 0 Å². The number of ketones is 1. The quantitative estimate of drug-likeness (QED) is 0.184. The van der Waals surface area contributed by atoms with Crippen molar-refractivity contribution in [3.05, 3.63) is 114 Å². The number of carbonyl (C=O) groups excluding carboxylic acids is 2. The molecule has 1 aliphatic heterocycles. The Bertz CT molecular complexity index is 1680. The number of hydrogen-bond donors (Lipinski definition) is 3. The minimum absolute atomic E-state index is 0.0284. The summed E-state index contributed by atoms with van der Waals surface area (Å²) >= 11 is 0. The molecule has 1 atom stereocenters. The number of para-hydroxylation sites is 3. The number of amides is 1. The van der Waals surface area contributed by atoms with Gasteiger partial charge in [-0.3, -0.25) is 14.5 Å². The van der Waals surface area contributed by atoms with E-state index in [9.17, 15) is 19.8 Å². The summed E-state index contributed by atoms with van der Waals surface area (Å²) in [4.78, 5) is 31.4. The molecule has 1 amide bonds.